The van der Waals surface area contributed by atoms with Gasteiger partial charge >= 0.3 is 0 Å². The summed E-state index contributed by atoms with van der Waals surface area (Å²) in [4.78, 5) is 17.2. The maximum atomic E-state index is 12.7. The van der Waals surface area contributed by atoms with Crippen LogP contribution in [0, 0.1) is 18.8 Å². The van der Waals surface area contributed by atoms with E-state index in [0.717, 1.165) is 44.9 Å². The smallest absolute Gasteiger partial charge is 0.252 e. The molecular weight excluding hydrogens is 328 g/mol. The first-order valence-electron chi connectivity index (χ1n) is 7.49. The molecule has 0 aliphatic heterocycles. The quantitative estimate of drug-likeness (QED) is 0.899. The first kappa shape index (κ1) is 13.3. The number of hydrogen-bond acceptors (Lipinski definition) is 2. The van der Waals surface area contributed by atoms with E-state index in [2.05, 4.69) is 26.2 Å². The molecule has 2 aromatic rings. The summed E-state index contributed by atoms with van der Waals surface area (Å²) >= 11 is 3.48. The number of hydrogen-bond donors (Lipinski definition) is 1. The summed E-state index contributed by atoms with van der Waals surface area (Å²) in [5, 5.41) is 4.16. The number of carbonyl (C=O) groups excluding carboxylic acids is 1. The Balaban J connectivity index is 1.70. The molecule has 0 bridgehead atoms. The zero-order valence-electron chi connectivity index (χ0n) is 11.9. The van der Waals surface area contributed by atoms with Gasteiger partial charge in [-0.1, -0.05) is 15.9 Å². The summed E-state index contributed by atoms with van der Waals surface area (Å²) in [5.41, 5.74) is 2.49. The molecule has 0 radical (unpaired) electrons. The highest BCUT2D eigenvalue weighted by atomic mass is 79.9. The lowest BCUT2D eigenvalue weighted by Gasteiger charge is -2.15. The van der Waals surface area contributed by atoms with Crippen LogP contribution in [0.25, 0.3) is 10.9 Å². The monoisotopic (exact) mass is 344 g/mol. The number of aromatic nitrogens is 1. The lowest BCUT2D eigenvalue weighted by molar-refractivity contribution is 0.0935. The molecule has 1 aromatic carbocycles. The van der Waals surface area contributed by atoms with Crippen molar-refractivity contribution in [1.29, 1.82) is 0 Å². The first-order chi connectivity index (χ1) is 10.1. The van der Waals surface area contributed by atoms with Crippen LogP contribution in [0.1, 0.15) is 35.3 Å². The molecule has 0 spiro atoms. The third-order valence-corrected chi connectivity index (χ3v) is 5.30. The van der Waals surface area contributed by atoms with Gasteiger partial charge in [0.15, 0.2) is 0 Å². The Morgan fingerprint density at radius 1 is 1.33 bits per heavy atom. The van der Waals surface area contributed by atoms with Gasteiger partial charge in [-0.2, -0.15) is 0 Å². The van der Waals surface area contributed by atoms with Crippen LogP contribution in [0.3, 0.4) is 0 Å². The molecule has 4 heteroatoms. The van der Waals surface area contributed by atoms with E-state index < -0.39 is 0 Å². The highest BCUT2D eigenvalue weighted by Crippen LogP contribution is 2.51. The molecule has 3 unspecified atom stereocenters. The van der Waals surface area contributed by atoms with Crippen LogP contribution in [0.4, 0.5) is 0 Å². The van der Waals surface area contributed by atoms with Gasteiger partial charge in [0.1, 0.15) is 0 Å². The van der Waals surface area contributed by atoms with Gasteiger partial charge < -0.3 is 5.32 Å². The molecule has 3 atom stereocenters. The van der Waals surface area contributed by atoms with Crippen LogP contribution < -0.4 is 5.32 Å². The molecule has 0 saturated heterocycles. The first-order valence-corrected chi connectivity index (χ1v) is 8.29. The molecule has 3 nitrogen and oxygen atoms in total. The molecule has 4 rings (SSSR count). The average molecular weight is 345 g/mol. The van der Waals surface area contributed by atoms with E-state index in [1.165, 1.54) is 12.8 Å². The molecule has 2 aliphatic carbocycles. The third kappa shape index (κ3) is 2.35. The van der Waals surface area contributed by atoms with E-state index in [-0.39, 0.29) is 5.91 Å². The SMILES string of the molecule is Cc1cc(C(=O)NC2CCC3CC32)c2cc(Br)ccc2n1. The zero-order chi connectivity index (χ0) is 14.6. The summed E-state index contributed by atoms with van der Waals surface area (Å²) in [6, 6.07) is 8.16. The van der Waals surface area contributed by atoms with Crippen LogP contribution in [-0.4, -0.2) is 16.9 Å². The minimum absolute atomic E-state index is 0.0427. The van der Waals surface area contributed by atoms with E-state index in [4.69, 9.17) is 0 Å². The number of halogens is 1. The zero-order valence-corrected chi connectivity index (χ0v) is 13.5. The van der Waals surface area contributed by atoms with E-state index in [1.807, 2.05) is 31.2 Å². The second-order valence-corrected chi connectivity index (χ2v) is 7.21. The maximum absolute atomic E-state index is 12.7. The fourth-order valence-corrected chi connectivity index (χ4v) is 4.01. The Kier molecular flexibility index (Phi) is 3.03. The molecule has 2 fully saturated rings. The summed E-state index contributed by atoms with van der Waals surface area (Å²) < 4.78 is 0.970. The minimum Gasteiger partial charge on any atom is -0.349 e. The summed E-state index contributed by atoms with van der Waals surface area (Å²) in [5.74, 6) is 1.65. The van der Waals surface area contributed by atoms with Crippen molar-refractivity contribution >= 4 is 32.7 Å². The van der Waals surface area contributed by atoms with Crippen molar-refractivity contribution in [3.05, 3.63) is 40.0 Å². The Labute approximate surface area is 132 Å². The second kappa shape index (κ2) is 4.80. The van der Waals surface area contributed by atoms with Crippen molar-refractivity contribution in [3.63, 3.8) is 0 Å². The lowest BCUT2D eigenvalue weighted by Crippen LogP contribution is -2.35. The van der Waals surface area contributed by atoms with Crippen molar-refractivity contribution < 1.29 is 4.79 Å². The van der Waals surface area contributed by atoms with Crippen molar-refractivity contribution in [2.75, 3.05) is 0 Å². The fourth-order valence-electron chi connectivity index (χ4n) is 3.65. The number of aryl methyl sites for hydroxylation is 1. The second-order valence-electron chi connectivity index (χ2n) is 6.29. The van der Waals surface area contributed by atoms with E-state index in [1.54, 1.807) is 0 Å². The fraction of sp³-hybridized carbons (Fsp3) is 0.412. The highest BCUT2D eigenvalue weighted by Gasteiger charge is 2.48. The summed E-state index contributed by atoms with van der Waals surface area (Å²) in [6.07, 6.45) is 3.71. The van der Waals surface area contributed by atoms with Gasteiger partial charge in [0.2, 0.25) is 0 Å². The Morgan fingerprint density at radius 3 is 2.90 bits per heavy atom. The molecule has 1 aromatic heterocycles. The number of nitrogens with zero attached hydrogens (tertiary/aromatic N) is 1. The number of fused-ring (bicyclic) bond motifs is 2. The molecule has 1 N–H and O–H groups in total. The van der Waals surface area contributed by atoms with Gasteiger partial charge in [0, 0.05) is 21.6 Å². The number of carbonyl (C=O) groups is 1. The van der Waals surface area contributed by atoms with E-state index >= 15 is 0 Å². The molecule has 1 amide bonds. The van der Waals surface area contributed by atoms with Crippen molar-refractivity contribution in [2.45, 2.75) is 32.2 Å². The predicted molar refractivity (Wildman–Crippen MR) is 86.3 cm³/mol. The topological polar surface area (TPSA) is 42.0 Å². The third-order valence-electron chi connectivity index (χ3n) is 4.80. The van der Waals surface area contributed by atoms with Crippen LogP contribution in [0.5, 0.6) is 0 Å². The van der Waals surface area contributed by atoms with Crippen LogP contribution in [0.15, 0.2) is 28.7 Å². The number of benzene rings is 1. The van der Waals surface area contributed by atoms with E-state index in [9.17, 15) is 4.79 Å². The maximum Gasteiger partial charge on any atom is 0.252 e. The van der Waals surface area contributed by atoms with Gasteiger partial charge in [-0.25, -0.2) is 0 Å². The Hall–Kier alpha value is -1.42. The van der Waals surface area contributed by atoms with Gasteiger partial charge in [0.05, 0.1) is 11.1 Å². The average Bonchev–Trinajstić information content (AvgIpc) is 3.14. The van der Waals surface area contributed by atoms with Crippen molar-refractivity contribution in [3.8, 4) is 0 Å². The minimum atomic E-state index is 0.0427. The standard InChI is InChI=1S/C17H17BrN2O/c1-9-6-14(13-8-11(18)3-5-16(13)19-9)17(21)20-15-4-2-10-7-12(10)15/h3,5-6,8,10,12,15H,2,4,7H2,1H3,(H,20,21). The number of amides is 1. The Morgan fingerprint density at radius 2 is 2.19 bits per heavy atom. The molecule has 2 saturated carbocycles. The van der Waals surface area contributed by atoms with Gasteiger partial charge in [0.25, 0.3) is 5.91 Å². The predicted octanol–water partition coefficient (Wildman–Crippen LogP) is 3.83. The number of pyridine rings is 1. The molecule has 108 valence electrons. The van der Waals surface area contributed by atoms with Crippen LogP contribution in [0.2, 0.25) is 0 Å². The lowest BCUT2D eigenvalue weighted by atomic mass is 10.1. The molecule has 2 aliphatic rings. The summed E-state index contributed by atoms with van der Waals surface area (Å²) in [7, 11) is 0. The largest absolute Gasteiger partial charge is 0.349 e. The van der Waals surface area contributed by atoms with E-state index in [0.29, 0.717) is 6.04 Å². The van der Waals surface area contributed by atoms with Crippen molar-refractivity contribution in [2.24, 2.45) is 11.8 Å². The molecular formula is C17H17BrN2O. The highest BCUT2D eigenvalue weighted by molar-refractivity contribution is 9.10. The van der Waals surface area contributed by atoms with Crippen LogP contribution in [-0.2, 0) is 0 Å². The van der Waals surface area contributed by atoms with Gasteiger partial charge in [-0.05, 0) is 62.3 Å². The van der Waals surface area contributed by atoms with Gasteiger partial charge in [-0.3, -0.25) is 9.78 Å². The molecule has 1 heterocycles. The number of rotatable bonds is 2. The normalized spacial score (nSPS) is 26.7. The van der Waals surface area contributed by atoms with Crippen LogP contribution >= 0.6 is 15.9 Å². The van der Waals surface area contributed by atoms with Crippen molar-refractivity contribution in [1.82, 2.24) is 10.3 Å². The summed E-state index contributed by atoms with van der Waals surface area (Å²) in [6.45, 7) is 1.94. The van der Waals surface area contributed by atoms with Gasteiger partial charge in [-0.15, -0.1) is 0 Å². The Bertz CT molecular complexity index is 743. The molecule has 21 heavy (non-hydrogen) atoms. The number of nitrogens with one attached hydrogen (secondary N) is 1.